The lowest BCUT2D eigenvalue weighted by atomic mass is 9.75. The Morgan fingerprint density at radius 1 is 1.37 bits per heavy atom. The molecule has 0 amide bonds. The summed E-state index contributed by atoms with van der Waals surface area (Å²) < 4.78 is 0. The summed E-state index contributed by atoms with van der Waals surface area (Å²) in [5.41, 5.74) is 0.368. The summed E-state index contributed by atoms with van der Waals surface area (Å²) in [6.45, 7) is 9.35. The van der Waals surface area contributed by atoms with Crippen LogP contribution in [-0.2, 0) is 0 Å². The Hall–Kier alpha value is -0.120. The van der Waals surface area contributed by atoms with Crippen LogP contribution < -0.4 is 5.32 Å². The van der Waals surface area contributed by atoms with Gasteiger partial charge in [0.05, 0.1) is 6.61 Å². The van der Waals surface area contributed by atoms with Gasteiger partial charge in [-0.1, -0.05) is 13.8 Å². The smallest absolute Gasteiger partial charge is 0.0611 e. The van der Waals surface area contributed by atoms with Crippen LogP contribution in [0.4, 0.5) is 0 Å². The zero-order valence-corrected chi connectivity index (χ0v) is 13.8. The van der Waals surface area contributed by atoms with Gasteiger partial charge in [-0.2, -0.15) is 0 Å². The Bertz CT molecular complexity index is 264. The second kappa shape index (κ2) is 6.55. The molecule has 0 aromatic rings. The molecule has 0 bridgehead atoms. The van der Waals surface area contributed by atoms with Crippen molar-refractivity contribution in [3.8, 4) is 0 Å². The highest BCUT2D eigenvalue weighted by Gasteiger charge is 2.32. The molecule has 1 fully saturated rings. The van der Waals surface area contributed by atoms with Crippen LogP contribution in [0, 0.1) is 5.41 Å². The summed E-state index contributed by atoms with van der Waals surface area (Å²) in [4.78, 5) is 2.53. The minimum atomic E-state index is -0.165. The first-order valence-corrected chi connectivity index (χ1v) is 7.75. The fourth-order valence-corrected chi connectivity index (χ4v) is 3.19. The molecule has 114 valence electrons. The van der Waals surface area contributed by atoms with E-state index in [-0.39, 0.29) is 12.1 Å². The molecule has 1 saturated carbocycles. The van der Waals surface area contributed by atoms with Gasteiger partial charge in [-0.3, -0.25) is 0 Å². The minimum Gasteiger partial charge on any atom is -0.394 e. The molecule has 1 aliphatic rings. The number of aliphatic hydroxyl groups excluding tert-OH is 1. The van der Waals surface area contributed by atoms with E-state index in [0.29, 0.717) is 17.5 Å². The Morgan fingerprint density at radius 3 is 2.32 bits per heavy atom. The van der Waals surface area contributed by atoms with Crippen molar-refractivity contribution in [3.63, 3.8) is 0 Å². The second-order valence-electron chi connectivity index (χ2n) is 7.58. The Balaban J connectivity index is 2.51. The summed E-state index contributed by atoms with van der Waals surface area (Å²) in [7, 11) is 4.19. The maximum Gasteiger partial charge on any atom is 0.0611 e. The highest BCUT2D eigenvalue weighted by Crippen LogP contribution is 2.37. The predicted octanol–water partition coefficient (Wildman–Crippen LogP) is 2.64. The lowest BCUT2D eigenvalue weighted by molar-refractivity contribution is 0.0731. The van der Waals surface area contributed by atoms with Crippen LogP contribution in [0.3, 0.4) is 0 Å². The first-order valence-electron chi connectivity index (χ1n) is 7.75. The molecule has 0 spiro atoms. The summed E-state index contributed by atoms with van der Waals surface area (Å²) in [5, 5.41) is 12.8. The molecule has 0 aromatic heterocycles. The fourth-order valence-electron chi connectivity index (χ4n) is 3.19. The van der Waals surface area contributed by atoms with Crippen molar-refractivity contribution in [3.05, 3.63) is 0 Å². The fraction of sp³-hybridized carbons (Fsp3) is 1.00. The molecule has 1 aliphatic carbocycles. The van der Waals surface area contributed by atoms with Crippen molar-refractivity contribution < 1.29 is 5.11 Å². The van der Waals surface area contributed by atoms with E-state index in [9.17, 15) is 5.11 Å². The average Bonchev–Trinajstić information content (AvgIpc) is 2.37. The van der Waals surface area contributed by atoms with E-state index in [2.05, 4.69) is 45.0 Å². The number of rotatable bonds is 6. The van der Waals surface area contributed by atoms with Crippen LogP contribution >= 0.6 is 0 Å². The molecule has 2 unspecified atom stereocenters. The first-order chi connectivity index (χ1) is 8.73. The number of nitrogens with one attached hydrogen (secondary N) is 1. The van der Waals surface area contributed by atoms with E-state index >= 15 is 0 Å². The number of likely N-dealkylation sites (N-methyl/N-ethyl adjacent to an activating group) is 1. The molecule has 1 rings (SSSR count). The molecule has 0 saturated heterocycles. The predicted molar refractivity (Wildman–Crippen MR) is 82.4 cm³/mol. The zero-order valence-electron chi connectivity index (χ0n) is 13.8. The first kappa shape index (κ1) is 16.9. The molecule has 19 heavy (non-hydrogen) atoms. The third-order valence-corrected chi connectivity index (χ3v) is 5.28. The Labute approximate surface area is 119 Å². The Morgan fingerprint density at radius 2 is 1.89 bits per heavy atom. The van der Waals surface area contributed by atoms with Gasteiger partial charge in [0.25, 0.3) is 0 Å². The summed E-state index contributed by atoms with van der Waals surface area (Å²) in [6, 6.07) is 1.21. The van der Waals surface area contributed by atoms with Crippen molar-refractivity contribution in [2.75, 3.05) is 20.7 Å². The highest BCUT2D eigenvalue weighted by atomic mass is 16.3. The van der Waals surface area contributed by atoms with Crippen molar-refractivity contribution in [2.45, 2.75) is 77.4 Å². The van der Waals surface area contributed by atoms with Crippen molar-refractivity contribution >= 4 is 0 Å². The second-order valence-corrected chi connectivity index (χ2v) is 7.58. The molecular formula is C16H34N2O. The van der Waals surface area contributed by atoms with Crippen molar-refractivity contribution in [1.82, 2.24) is 10.2 Å². The molecule has 2 N–H and O–H groups in total. The highest BCUT2D eigenvalue weighted by molar-refractivity contribution is 4.89. The Kier molecular flexibility index (Phi) is 5.84. The van der Waals surface area contributed by atoms with Crippen LogP contribution in [0.2, 0.25) is 0 Å². The van der Waals surface area contributed by atoms with Crippen LogP contribution in [0.1, 0.15) is 59.8 Å². The third-order valence-electron chi connectivity index (χ3n) is 5.28. The summed E-state index contributed by atoms with van der Waals surface area (Å²) in [5.74, 6) is 0. The standard InChI is InChI=1S/C16H34N2O/c1-13(11-16(4,12-19)17-5)18(6)14-7-9-15(2,3)10-8-14/h13-14,17,19H,7-12H2,1-6H3. The van der Waals surface area contributed by atoms with Gasteiger partial charge >= 0.3 is 0 Å². The molecule has 2 atom stereocenters. The van der Waals surface area contributed by atoms with Gasteiger partial charge in [0.1, 0.15) is 0 Å². The van der Waals surface area contributed by atoms with Crippen molar-refractivity contribution in [1.29, 1.82) is 0 Å². The van der Waals surface area contributed by atoms with Crippen LogP contribution in [0.25, 0.3) is 0 Å². The van der Waals surface area contributed by atoms with Crippen LogP contribution in [0.5, 0.6) is 0 Å². The summed E-state index contributed by atoms with van der Waals surface area (Å²) in [6.07, 6.45) is 6.26. The van der Waals surface area contributed by atoms with Gasteiger partial charge in [-0.15, -0.1) is 0 Å². The molecule has 0 radical (unpaired) electrons. The molecular weight excluding hydrogens is 236 g/mol. The number of aliphatic hydroxyl groups is 1. The zero-order chi connectivity index (χ0) is 14.7. The monoisotopic (exact) mass is 270 g/mol. The SMILES string of the molecule is CNC(C)(CO)CC(C)N(C)C1CCC(C)(C)CC1. The van der Waals surface area contributed by atoms with Crippen molar-refractivity contribution in [2.24, 2.45) is 5.41 Å². The van der Waals surface area contributed by atoms with E-state index in [1.54, 1.807) is 0 Å². The lowest BCUT2D eigenvalue weighted by Crippen LogP contribution is -2.50. The number of hydrogen-bond acceptors (Lipinski definition) is 3. The lowest BCUT2D eigenvalue weighted by Gasteiger charge is -2.43. The van der Waals surface area contributed by atoms with Gasteiger partial charge in [-0.05, 0) is 65.5 Å². The molecule has 0 aliphatic heterocycles. The van der Waals surface area contributed by atoms with Gasteiger partial charge < -0.3 is 15.3 Å². The van der Waals surface area contributed by atoms with E-state index < -0.39 is 0 Å². The quantitative estimate of drug-likeness (QED) is 0.779. The molecule has 3 nitrogen and oxygen atoms in total. The van der Waals surface area contributed by atoms with E-state index in [4.69, 9.17) is 0 Å². The topological polar surface area (TPSA) is 35.5 Å². The number of hydrogen-bond donors (Lipinski definition) is 2. The summed E-state index contributed by atoms with van der Waals surface area (Å²) >= 11 is 0. The third kappa shape index (κ3) is 4.73. The van der Waals surface area contributed by atoms with E-state index in [1.807, 2.05) is 7.05 Å². The van der Waals surface area contributed by atoms with Crippen LogP contribution in [0.15, 0.2) is 0 Å². The van der Waals surface area contributed by atoms with Gasteiger partial charge in [0.2, 0.25) is 0 Å². The largest absolute Gasteiger partial charge is 0.394 e. The molecule has 0 heterocycles. The van der Waals surface area contributed by atoms with E-state index in [0.717, 1.165) is 6.42 Å². The van der Waals surface area contributed by atoms with Crippen LogP contribution in [-0.4, -0.2) is 48.3 Å². The van der Waals surface area contributed by atoms with Gasteiger partial charge in [0, 0.05) is 17.6 Å². The minimum absolute atomic E-state index is 0.165. The van der Waals surface area contributed by atoms with Gasteiger partial charge in [-0.25, -0.2) is 0 Å². The molecule has 3 heteroatoms. The average molecular weight is 270 g/mol. The number of nitrogens with zero attached hydrogens (tertiary/aromatic N) is 1. The molecule has 0 aromatic carbocycles. The normalized spacial score (nSPS) is 25.3. The maximum atomic E-state index is 9.51. The van der Waals surface area contributed by atoms with E-state index in [1.165, 1.54) is 25.7 Å². The van der Waals surface area contributed by atoms with Gasteiger partial charge in [0.15, 0.2) is 0 Å². The maximum absolute atomic E-state index is 9.51.